The molecule has 0 aliphatic carbocycles. The second-order valence-electron chi connectivity index (χ2n) is 4.48. The van der Waals surface area contributed by atoms with Crippen LogP contribution in [0.3, 0.4) is 0 Å². The molecule has 20 heavy (non-hydrogen) atoms. The number of benzene rings is 1. The van der Waals surface area contributed by atoms with Crippen LogP contribution in [-0.2, 0) is 11.2 Å². The Morgan fingerprint density at radius 3 is 2.80 bits per heavy atom. The number of rotatable bonds is 4. The predicted molar refractivity (Wildman–Crippen MR) is 76.3 cm³/mol. The van der Waals surface area contributed by atoms with E-state index < -0.39 is 5.91 Å². The number of carbonyl (C=O) groups is 2. The van der Waals surface area contributed by atoms with Crippen LogP contribution >= 0.6 is 0 Å². The van der Waals surface area contributed by atoms with Crippen LogP contribution in [0.1, 0.15) is 21.5 Å². The van der Waals surface area contributed by atoms with Gasteiger partial charge in [0, 0.05) is 11.8 Å². The molecule has 102 valence electrons. The summed E-state index contributed by atoms with van der Waals surface area (Å²) in [6.45, 7) is 1.89. The number of pyridine rings is 1. The lowest BCUT2D eigenvalue weighted by Gasteiger charge is -2.08. The van der Waals surface area contributed by atoms with Gasteiger partial charge in [-0.05, 0) is 36.2 Å². The number of nitrogens with zero attached hydrogens (tertiary/aromatic N) is 1. The summed E-state index contributed by atoms with van der Waals surface area (Å²) in [5.74, 6) is -0.668. The third-order valence-corrected chi connectivity index (χ3v) is 2.89. The van der Waals surface area contributed by atoms with E-state index in [-0.39, 0.29) is 12.3 Å². The van der Waals surface area contributed by atoms with Gasteiger partial charge in [0.25, 0.3) is 0 Å². The monoisotopic (exact) mass is 269 g/mol. The third-order valence-electron chi connectivity index (χ3n) is 2.89. The van der Waals surface area contributed by atoms with Gasteiger partial charge in [0.2, 0.25) is 11.8 Å². The molecule has 0 aliphatic rings. The molecule has 0 aliphatic heterocycles. The molecule has 1 heterocycles. The summed E-state index contributed by atoms with van der Waals surface area (Å²) in [4.78, 5) is 27.0. The normalized spacial score (nSPS) is 10.1. The number of hydrogen-bond donors (Lipinski definition) is 2. The molecular weight excluding hydrogens is 254 g/mol. The Morgan fingerprint density at radius 2 is 2.10 bits per heavy atom. The Morgan fingerprint density at radius 1 is 1.30 bits per heavy atom. The molecule has 5 nitrogen and oxygen atoms in total. The van der Waals surface area contributed by atoms with Gasteiger partial charge in [-0.25, -0.2) is 0 Å². The average molecular weight is 269 g/mol. The first-order chi connectivity index (χ1) is 9.56. The van der Waals surface area contributed by atoms with Crippen molar-refractivity contribution in [3.05, 3.63) is 59.4 Å². The number of nitrogens with two attached hydrogens (primary N) is 1. The van der Waals surface area contributed by atoms with Crippen molar-refractivity contribution < 1.29 is 9.59 Å². The molecule has 0 atom stereocenters. The first-order valence-electron chi connectivity index (χ1n) is 6.15. The Hall–Kier alpha value is -2.69. The van der Waals surface area contributed by atoms with Crippen molar-refractivity contribution in [3.8, 4) is 0 Å². The SMILES string of the molecule is Cc1ccncc1NC(=O)Cc1cccc(C(N)=O)c1. The molecule has 3 N–H and O–H groups in total. The van der Waals surface area contributed by atoms with Gasteiger partial charge in [-0.3, -0.25) is 14.6 Å². The minimum Gasteiger partial charge on any atom is -0.366 e. The van der Waals surface area contributed by atoms with Crippen molar-refractivity contribution >= 4 is 17.5 Å². The van der Waals surface area contributed by atoms with E-state index in [0.717, 1.165) is 11.1 Å². The number of primary amides is 1. The maximum atomic E-state index is 12.0. The smallest absolute Gasteiger partial charge is 0.248 e. The highest BCUT2D eigenvalue weighted by Crippen LogP contribution is 2.12. The summed E-state index contributed by atoms with van der Waals surface area (Å²) in [6, 6.07) is 8.55. The molecule has 2 amide bonds. The van der Waals surface area contributed by atoms with Gasteiger partial charge in [0.1, 0.15) is 0 Å². The van der Waals surface area contributed by atoms with E-state index in [2.05, 4.69) is 10.3 Å². The minimum absolute atomic E-state index is 0.164. The molecule has 0 saturated carbocycles. The van der Waals surface area contributed by atoms with E-state index in [4.69, 9.17) is 5.73 Å². The van der Waals surface area contributed by atoms with E-state index in [0.29, 0.717) is 11.3 Å². The lowest BCUT2D eigenvalue weighted by atomic mass is 10.1. The van der Waals surface area contributed by atoms with Crippen LogP contribution in [0, 0.1) is 6.92 Å². The van der Waals surface area contributed by atoms with Gasteiger partial charge < -0.3 is 11.1 Å². The van der Waals surface area contributed by atoms with E-state index in [9.17, 15) is 9.59 Å². The largest absolute Gasteiger partial charge is 0.366 e. The van der Waals surface area contributed by atoms with E-state index in [1.165, 1.54) is 0 Å². The first kappa shape index (κ1) is 13.7. The number of aromatic nitrogens is 1. The number of aryl methyl sites for hydroxylation is 1. The van der Waals surface area contributed by atoms with E-state index >= 15 is 0 Å². The molecule has 2 aromatic rings. The van der Waals surface area contributed by atoms with Crippen LogP contribution in [-0.4, -0.2) is 16.8 Å². The Bertz CT molecular complexity index is 653. The molecule has 1 aromatic carbocycles. The number of carbonyl (C=O) groups excluding carboxylic acids is 2. The van der Waals surface area contributed by atoms with Crippen LogP contribution < -0.4 is 11.1 Å². The highest BCUT2D eigenvalue weighted by atomic mass is 16.2. The van der Waals surface area contributed by atoms with Crippen LogP contribution in [0.15, 0.2) is 42.7 Å². The fraction of sp³-hybridized carbons (Fsp3) is 0.133. The molecule has 0 saturated heterocycles. The molecule has 2 rings (SSSR count). The number of hydrogen-bond acceptors (Lipinski definition) is 3. The van der Waals surface area contributed by atoms with Crippen molar-refractivity contribution in [3.63, 3.8) is 0 Å². The van der Waals surface area contributed by atoms with Crippen molar-refractivity contribution in [2.75, 3.05) is 5.32 Å². The van der Waals surface area contributed by atoms with Crippen molar-refractivity contribution in [2.45, 2.75) is 13.3 Å². The first-order valence-corrected chi connectivity index (χ1v) is 6.15. The average Bonchev–Trinajstić information content (AvgIpc) is 2.41. The summed E-state index contributed by atoms with van der Waals surface area (Å²) in [5.41, 5.74) is 7.97. The summed E-state index contributed by atoms with van der Waals surface area (Å²) in [6.07, 6.45) is 3.45. The topological polar surface area (TPSA) is 85.1 Å². The van der Waals surface area contributed by atoms with Gasteiger partial charge in [-0.1, -0.05) is 12.1 Å². The fourth-order valence-electron chi connectivity index (χ4n) is 1.81. The molecule has 1 aromatic heterocycles. The van der Waals surface area contributed by atoms with Crippen LogP contribution in [0.2, 0.25) is 0 Å². The molecule has 5 heteroatoms. The zero-order valence-corrected chi connectivity index (χ0v) is 11.1. The van der Waals surface area contributed by atoms with Gasteiger partial charge in [0.05, 0.1) is 18.3 Å². The van der Waals surface area contributed by atoms with Crippen molar-refractivity contribution in [1.82, 2.24) is 4.98 Å². The van der Waals surface area contributed by atoms with Gasteiger partial charge in [0.15, 0.2) is 0 Å². The van der Waals surface area contributed by atoms with Gasteiger partial charge in [-0.15, -0.1) is 0 Å². The van der Waals surface area contributed by atoms with Crippen molar-refractivity contribution in [2.24, 2.45) is 5.73 Å². The molecule has 0 bridgehead atoms. The zero-order valence-electron chi connectivity index (χ0n) is 11.1. The van der Waals surface area contributed by atoms with Crippen LogP contribution in [0.5, 0.6) is 0 Å². The van der Waals surface area contributed by atoms with Crippen LogP contribution in [0.25, 0.3) is 0 Å². The summed E-state index contributed by atoms with van der Waals surface area (Å²) < 4.78 is 0. The predicted octanol–water partition coefficient (Wildman–Crippen LogP) is 1.67. The lowest BCUT2D eigenvalue weighted by Crippen LogP contribution is -2.16. The Balaban J connectivity index is 2.07. The summed E-state index contributed by atoms with van der Waals surface area (Å²) in [7, 11) is 0. The van der Waals surface area contributed by atoms with Crippen molar-refractivity contribution in [1.29, 1.82) is 0 Å². The fourth-order valence-corrected chi connectivity index (χ4v) is 1.81. The standard InChI is InChI=1S/C15H15N3O2/c1-10-5-6-17-9-13(10)18-14(19)8-11-3-2-4-12(7-11)15(16)20/h2-7,9H,8H2,1H3,(H2,16,20)(H,18,19). The lowest BCUT2D eigenvalue weighted by molar-refractivity contribution is -0.115. The van der Waals surface area contributed by atoms with Gasteiger partial charge >= 0.3 is 0 Å². The molecule has 0 spiro atoms. The van der Waals surface area contributed by atoms with Crippen LogP contribution in [0.4, 0.5) is 5.69 Å². The second kappa shape index (κ2) is 5.97. The maximum Gasteiger partial charge on any atom is 0.248 e. The molecule has 0 unspecified atom stereocenters. The molecular formula is C15H15N3O2. The highest BCUT2D eigenvalue weighted by Gasteiger charge is 2.08. The quantitative estimate of drug-likeness (QED) is 0.885. The Kier molecular flexibility index (Phi) is 4.10. The van der Waals surface area contributed by atoms with E-state index in [1.807, 2.05) is 13.0 Å². The summed E-state index contributed by atoms with van der Waals surface area (Å²) in [5, 5.41) is 2.79. The van der Waals surface area contributed by atoms with E-state index in [1.54, 1.807) is 36.7 Å². The summed E-state index contributed by atoms with van der Waals surface area (Å²) >= 11 is 0. The van der Waals surface area contributed by atoms with Gasteiger partial charge in [-0.2, -0.15) is 0 Å². The second-order valence-corrected chi connectivity index (χ2v) is 4.48. The molecule has 0 fully saturated rings. The number of anilines is 1. The zero-order chi connectivity index (χ0) is 14.5. The maximum absolute atomic E-state index is 12.0. The number of amides is 2. The highest BCUT2D eigenvalue weighted by molar-refractivity contribution is 5.95. The Labute approximate surface area is 116 Å². The minimum atomic E-state index is -0.504. The third kappa shape index (κ3) is 3.41. The number of nitrogens with one attached hydrogen (secondary N) is 1. The molecule has 0 radical (unpaired) electrons.